The first-order chi connectivity index (χ1) is 18.4. The van der Waals surface area contributed by atoms with E-state index in [1.54, 1.807) is 0 Å². The molecule has 9 heteroatoms. The number of hydrogen-bond donors (Lipinski definition) is 4. The van der Waals surface area contributed by atoms with Crippen molar-refractivity contribution in [3.8, 4) is 0 Å². The number of carbonyl (C=O) groups excluding carboxylic acids is 2. The van der Waals surface area contributed by atoms with Crippen molar-refractivity contribution < 1.29 is 24.2 Å². The molecule has 1 saturated carbocycles. The van der Waals surface area contributed by atoms with E-state index < -0.39 is 29.1 Å². The Kier molecular flexibility index (Phi) is 11.0. The van der Waals surface area contributed by atoms with Crippen molar-refractivity contribution >= 4 is 23.8 Å². The Morgan fingerprint density at radius 2 is 1.82 bits per heavy atom. The molecule has 0 bridgehead atoms. The number of aromatic nitrogens is 1. The van der Waals surface area contributed by atoms with Gasteiger partial charge in [-0.25, -0.2) is 14.6 Å². The number of pyridine rings is 1. The number of ether oxygens (including phenoxy) is 1. The molecule has 1 atom stereocenters. The number of aliphatic carboxylic acids is 1. The van der Waals surface area contributed by atoms with Gasteiger partial charge in [0.1, 0.15) is 17.5 Å². The Hall–Kier alpha value is -2.84. The van der Waals surface area contributed by atoms with Gasteiger partial charge in [0, 0.05) is 23.7 Å². The van der Waals surface area contributed by atoms with E-state index in [4.69, 9.17) is 9.72 Å². The molecule has 1 aromatic rings. The second-order valence-corrected chi connectivity index (χ2v) is 12.5. The lowest BCUT2D eigenvalue weighted by Crippen LogP contribution is -2.50. The molecule has 4 N–H and O–H groups in total. The van der Waals surface area contributed by atoms with E-state index >= 15 is 0 Å². The lowest BCUT2D eigenvalue weighted by molar-refractivity contribution is -0.144. The van der Waals surface area contributed by atoms with Crippen LogP contribution in [-0.4, -0.2) is 52.3 Å². The van der Waals surface area contributed by atoms with Crippen LogP contribution in [0, 0.1) is 5.41 Å². The fourth-order valence-corrected chi connectivity index (χ4v) is 5.38. The number of carbonyl (C=O) groups is 3. The summed E-state index contributed by atoms with van der Waals surface area (Å²) in [6, 6.07) is 3.41. The molecule has 1 fully saturated rings. The molecule has 2 aliphatic rings. The summed E-state index contributed by atoms with van der Waals surface area (Å²) in [6.45, 7) is 8.34. The van der Waals surface area contributed by atoms with E-state index in [0.29, 0.717) is 32.1 Å². The topological polar surface area (TPSA) is 130 Å². The van der Waals surface area contributed by atoms with Crippen LogP contribution in [-0.2, 0) is 27.2 Å². The summed E-state index contributed by atoms with van der Waals surface area (Å²) in [5.74, 6) is -0.156. The zero-order valence-corrected chi connectivity index (χ0v) is 24.2. The molecule has 0 radical (unpaired) electrons. The molecule has 3 rings (SSSR count). The van der Waals surface area contributed by atoms with Crippen molar-refractivity contribution in [2.24, 2.45) is 5.41 Å². The van der Waals surface area contributed by atoms with E-state index in [0.717, 1.165) is 69.4 Å². The quantitative estimate of drug-likeness (QED) is 0.260. The van der Waals surface area contributed by atoms with Gasteiger partial charge in [-0.15, -0.1) is 0 Å². The molecule has 1 unspecified atom stereocenters. The molecule has 2 heterocycles. The van der Waals surface area contributed by atoms with Crippen LogP contribution in [0.5, 0.6) is 0 Å². The Labute approximate surface area is 233 Å². The standard InChI is InChI=1S/C30H48N4O5/c1-29(2,3)39-28(38)33-23-16-18-30(4,19-17-23)27(37)34-24(26(35)36)13-9-7-5-6-8-12-22-15-14-21-11-10-20-31-25(21)32-22/h14-15,23-24H,5-13,16-20H2,1-4H3,(H,31,32)(H,33,38)(H,34,37)(H,35,36). The third-order valence-corrected chi connectivity index (χ3v) is 7.84. The number of carboxylic acids is 1. The number of carboxylic acid groups (broad SMARTS) is 1. The highest BCUT2D eigenvalue weighted by atomic mass is 16.6. The van der Waals surface area contributed by atoms with Crippen molar-refractivity contribution in [3.05, 3.63) is 23.4 Å². The van der Waals surface area contributed by atoms with Gasteiger partial charge in [0.05, 0.1) is 0 Å². The summed E-state index contributed by atoms with van der Waals surface area (Å²) in [5.41, 5.74) is 1.23. The Bertz CT molecular complexity index is 982. The molecule has 0 spiro atoms. The fraction of sp³-hybridized carbons (Fsp3) is 0.733. The first-order valence-electron chi connectivity index (χ1n) is 14.7. The van der Waals surface area contributed by atoms with E-state index in [9.17, 15) is 19.5 Å². The van der Waals surface area contributed by atoms with Crippen LogP contribution in [0.15, 0.2) is 12.1 Å². The Morgan fingerprint density at radius 3 is 2.51 bits per heavy atom. The van der Waals surface area contributed by atoms with E-state index in [-0.39, 0.29) is 11.9 Å². The molecule has 0 aromatic carbocycles. The maximum Gasteiger partial charge on any atom is 0.407 e. The number of anilines is 1. The second-order valence-electron chi connectivity index (χ2n) is 12.5. The van der Waals surface area contributed by atoms with E-state index in [1.807, 2.05) is 27.7 Å². The summed E-state index contributed by atoms with van der Waals surface area (Å²) < 4.78 is 5.33. The second kappa shape index (κ2) is 14.0. The van der Waals surface area contributed by atoms with E-state index in [1.165, 1.54) is 5.56 Å². The van der Waals surface area contributed by atoms with Gasteiger partial charge < -0.3 is 25.8 Å². The van der Waals surface area contributed by atoms with Crippen molar-refractivity contribution in [1.29, 1.82) is 0 Å². The van der Waals surface area contributed by atoms with Gasteiger partial charge in [-0.05, 0) is 90.2 Å². The number of alkyl carbamates (subject to hydrolysis) is 1. The molecule has 39 heavy (non-hydrogen) atoms. The smallest absolute Gasteiger partial charge is 0.407 e. The number of amides is 2. The minimum Gasteiger partial charge on any atom is -0.480 e. The Morgan fingerprint density at radius 1 is 1.13 bits per heavy atom. The third kappa shape index (κ3) is 10.0. The van der Waals surface area contributed by atoms with Gasteiger partial charge in [0.15, 0.2) is 0 Å². The average Bonchev–Trinajstić information content (AvgIpc) is 2.87. The largest absolute Gasteiger partial charge is 0.480 e. The SMILES string of the molecule is CC(C)(C)OC(=O)NC1CCC(C)(C(=O)NC(CCCCCCCc2ccc3c(n2)NCCC3)C(=O)O)CC1. The number of aryl methyl sites for hydroxylation is 2. The van der Waals surface area contributed by atoms with Crippen LogP contribution in [0.3, 0.4) is 0 Å². The molecule has 218 valence electrons. The molecular formula is C30H48N4O5. The molecule has 1 aliphatic carbocycles. The first kappa shape index (κ1) is 30.7. The zero-order chi connectivity index (χ0) is 28.5. The van der Waals surface area contributed by atoms with Crippen LogP contribution < -0.4 is 16.0 Å². The van der Waals surface area contributed by atoms with Crippen LogP contribution in [0.1, 0.15) is 110 Å². The lowest BCUT2D eigenvalue weighted by Gasteiger charge is -2.37. The van der Waals surface area contributed by atoms with Crippen LogP contribution >= 0.6 is 0 Å². The number of nitrogens with one attached hydrogen (secondary N) is 3. The van der Waals surface area contributed by atoms with Gasteiger partial charge in [-0.3, -0.25) is 4.79 Å². The lowest BCUT2D eigenvalue weighted by atomic mass is 9.73. The van der Waals surface area contributed by atoms with Gasteiger partial charge in [0.2, 0.25) is 5.91 Å². The van der Waals surface area contributed by atoms with Crippen LogP contribution in [0.25, 0.3) is 0 Å². The minimum atomic E-state index is -0.987. The third-order valence-electron chi connectivity index (χ3n) is 7.84. The zero-order valence-electron chi connectivity index (χ0n) is 24.2. The molecule has 9 nitrogen and oxygen atoms in total. The van der Waals surface area contributed by atoms with Crippen molar-refractivity contribution in [3.63, 3.8) is 0 Å². The van der Waals surface area contributed by atoms with Crippen molar-refractivity contribution in [2.45, 2.75) is 129 Å². The summed E-state index contributed by atoms with van der Waals surface area (Å²) in [6.07, 6.45) is 10.5. The van der Waals surface area contributed by atoms with Crippen LogP contribution in [0.4, 0.5) is 10.6 Å². The number of nitrogens with zero attached hydrogens (tertiary/aromatic N) is 1. The maximum atomic E-state index is 13.1. The van der Waals surface area contributed by atoms with Gasteiger partial charge in [-0.2, -0.15) is 0 Å². The molecule has 1 aromatic heterocycles. The predicted octanol–water partition coefficient (Wildman–Crippen LogP) is 5.37. The number of rotatable bonds is 12. The van der Waals surface area contributed by atoms with Crippen molar-refractivity contribution in [1.82, 2.24) is 15.6 Å². The maximum absolute atomic E-state index is 13.1. The molecule has 1 aliphatic heterocycles. The highest BCUT2D eigenvalue weighted by Gasteiger charge is 2.39. The molecule has 2 amide bonds. The van der Waals surface area contributed by atoms with Gasteiger partial charge in [-0.1, -0.05) is 38.7 Å². The number of hydrogen-bond acceptors (Lipinski definition) is 6. The van der Waals surface area contributed by atoms with Crippen molar-refractivity contribution in [2.75, 3.05) is 11.9 Å². The van der Waals surface area contributed by atoms with Gasteiger partial charge in [0.25, 0.3) is 0 Å². The Balaban J connectivity index is 1.32. The summed E-state index contributed by atoms with van der Waals surface area (Å²) in [7, 11) is 0. The summed E-state index contributed by atoms with van der Waals surface area (Å²) in [5, 5.41) is 18.8. The normalized spacial score (nSPS) is 21.7. The summed E-state index contributed by atoms with van der Waals surface area (Å²) in [4.78, 5) is 41.7. The minimum absolute atomic E-state index is 0.0457. The fourth-order valence-electron chi connectivity index (χ4n) is 5.38. The first-order valence-corrected chi connectivity index (χ1v) is 14.7. The molecule has 0 saturated heterocycles. The van der Waals surface area contributed by atoms with Crippen LogP contribution in [0.2, 0.25) is 0 Å². The predicted molar refractivity (Wildman–Crippen MR) is 152 cm³/mol. The monoisotopic (exact) mass is 544 g/mol. The highest BCUT2D eigenvalue weighted by Crippen LogP contribution is 2.36. The van der Waals surface area contributed by atoms with Gasteiger partial charge >= 0.3 is 12.1 Å². The number of unbranched alkanes of at least 4 members (excludes halogenated alkanes) is 4. The molecular weight excluding hydrogens is 496 g/mol. The number of fused-ring (bicyclic) bond motifs is 1. The van der Waals surface area contributed by atoms with E-state index in [2.05, 4.69) is 28.1 Å². The highest BCUT2D eigenvalue weighted by molar-refractivity contribution is 5.87. The average molecular weight is 545 g/mol. The summed E-state index contributed by atoms with van der Waals surface area (Å²) >= 11 is 0.